The highest BCUT2D eigenvalue weighted by Gasteiger charge is 2.37. The second kappa shape index (κ2) is 20.3. The van der Waals surface area contributed by atoms with Gasteiger partial charge in [0.25, 0.3) is 0 Å². The molecule has 0 aromatic heterocycles. The van der Waals surface area contributed by atoms with Gasteiger partial charge in [0.15, 0.2) is 23.0 Å². The van der Waals surface area contributed by atoms with Crippen LogP contribution < -0.4 is 28.4 Å². The zero-order valence-corrected chi connectivity index (χ0v) is 38.1. The van der Waals surface area contributed by atoms with E-state index < -0.39 is 47.6 Å². The molecule has 0 heterocycles. The largest absolute Gasteiger partial charge is 0.504 e. The van der Waals surface area contributed by atoms with Crippen LogP contribution in [0.5, 0.6) is 46.0 Å². The van der Waals surface area contributed by atoms with Crippen LogP contribution in [-0.4, -0.2) is 103 Å². The minimum absolute atomic E-state index is 0.0102. The maximum absolute atomic E-state index is 14.0. The summed E-state index contributed by atoms with van der Waals surface area (Å²) < 4.78 is 57.7. The molecule has 0 aliphatic carbocycles. The van der Waals surface area contributed by atoms with Gasteiger partial charge in [0.1, 0.15) is 46.3 Å². The van der Waals surface area contributed by atoms with Crippen molar-refractivity contribution in [2.75, 3.05) is 56.9 Å². The average molecular weight is 907 g/mol. The lowest BCUT2D eigenvalue weighted by Gasteiger charge is -2.26. The molecular weight excluding hydrogens is 857 g/mol. The Hall–Kier alpha value is -7.88. The number of carbonyl (C=O) groups excluding carboxylic acids is 4. The van der Waals surface area contributed by atoms with Crippen LogP contribution in [0.1, 0.15) is 66.4 Å². The summed E-state index contributed by atoms with van der Waals surface area (Å²) in [4.78, 5) is 54.3. The summed E-state index contributed by atoms with van der Waals surface area (Å²) in [6, 6.07) is 20.1. The van der Waals surface area contributed by atoms with Crippen LogP contribution in [0.15, 0.2) is 72.8 Å². The van der Waals surface area contributed by atoms with Gasteiger partial charge in [0.2, 0.25) is 0 Å². The topological polar surface area (TPSA) is 201 Å². The second-order valence-electron chi connectivity index (χ2n) is 14.9. The third-order valence-corrected chi connectivity index (χ3v) is 10.9. The van der Waals surface area contributed by atoms with E-state index in [1.807, 2.05) is 0 Å². The Kier molecular flexibility index (Phi) is 14.6. The molecule has 0 amide bonds. The highest BCUT2D eigenvalue weighted by atomic mass is 16.6. The van der Waals surface area contributed by atoms with Crippen molar-refractivity contribution in [3.05, 3.63) is 106 Å². The molecule has 6 rings (SSSR count). The van der Waals surface area contributed by atoms with E-state index in [9.17, 15) is 29.4 Å². The summed E-state index contributed by atoms with van der Waals surface area (Å²) in [7, 11) is 10.1. The predicted molar refractivity (Wildman–Crippen MR) is 242 cm³/mol. The normalized spacial score (nSPS) is 11.8. The molecule has 16 heteroatoms. The number of ether oxygens (including phenoxy) is 10. The molecular formula is C50H50O16. The maximum atomic E-state index is 14.0. The molecule has 0 aliphatic rings. The van der Waals surface area contributed by atoms with Crippen LogP contribution in [-0.2, 0) is 31.8 Å². The number of benzene rings is 6. The van der Waals surface area contributed by atoms with E-state index in [4.69, 9.17) is 47.4 Å². The summed E-state index contributed by atoms with van der Waals surface area (Å²) in [5.74, 6) is -4.80. The van der Waals surface area contributed by atoms with Crippen molar-refractivity contribution in [3.63, 3.8) is 0 Å². The fourth-order valence-electron chi connectivity index (χ4n) is 8.21. The Bertz CT molecular complexity index is 2630. The fraction of sp³-hybridized carbons (Fsp3) is 0.280. The highest BCUT2D eigenvalue weighted by molar-refractivity contribution is 6.22. The Morgan fingerprint density at radius 3 is 1.06 bits per heavy atom. The number of hydrogen-bond acceptors (Lipinski definition) is 16. The van der Waals surface area contributed by atoms with Crippen LogP contribution in [0.3, 0.4) is 0 Å². The van der Waals surface area contributed by atoms with Crippen molar-refractivity contribution in [2.45, 2.75) is 38.9 Å². The lowest BCUT2D eigenvalue weighted by atomic mass is 9.85. The third-order valence-electron chi connectivity index (χ3n) is 10.9. The summed E-state index contributed by atoms with van der Waals surface area (Å²) >= 11 is 0. The number of hydrogen-bond donors (Lipinski definition) is 2. The van der Waals surface area contributed by atoms with Gasteiger partial charge in [-0.2, -0.15) is 0 Å². The number of aromatic hydroxyl groups is 2. The van der Waals surface area contributed by atoms with E-state index in [2.05, 4.69) is 0 Å². The highest BCUT2D eigenvalue weighted by Crippen LogP contribution is 2.59. The van der Waals surface area contributed by atoms with Gasteiger partial charge in [0, 0.05) is 45.9 Å². The molecule has 0 aliphatic heterocycles. The van der Waals surface area contributed by atoms with E-state index in [1.54, 1.807) is 86.6 Å². The molecule has 66 heavy (non-hydrogen) atoms. The Morgan fingerprint density at radius 1 is 0.455 bits per heavy atom. The number of phenols is 2. The van der Waals surface area contributed by atoms with Crippen molar-refractivity contribution in [2.24, 2.45) is 0 Å². The Balaban J connectivity index is 1.77. The minimum Gasteiger partial charge on any atom is -0.504 e. The van der Waals surface area contributed by atoms with Gasteiger partial charge in [-0.15, -0.1) is 0 Å². The van der Waals surface area contributed by atoms with Crippen LogP contribution in [0.4, 0.5) is 0 Å². The van der Waals surface area contributed by atoms with Crippen molar-refractivity contribution >= 4 is 45.4 Å². The van der Waals surface area contributed by atoms with E-state index in [1.165, 1.54) is 42.7 Å². The van der Waals surface area contributed by atoms with Gasteiger partial charge in [-0.25, -0.2) is 19.2 Å². The van der Waals surface area contributed by atoms with E-state index in [0.717, 1.165) is 14.2 Å². The summed E-state index contributed by atoms with van der Waals surface area (Å²) in [5.41, 5.74) is 0.787. The zero-order chi connectivity index (χ0) is 48.0. The quantitative estimate of drug-likeness (QED) is 0.0654. The smallest absolute Gasteiger partial charge is 0.345 e. The summed E-state index contributed by atoms with van der Waals surface area (Å²) in [6.07, 6.45) is -1.61. The van der Waals surface area contributed by atoms with Crippen LogP contribution in [0.2, 0.25) is 0 Å². The first-order chi connectivity index (χ1) is 31.7. The number of carbonyl (C=O) groups is 4. The maximum Gasteiger partial charge on any atom is 0.345 e. The molecule has 6 aromatic rings. The number of fused-ring (bicyclic) bond motifs is 2. The van der Waals surface area contributed by atoms with Crippen LogP contribution in [0.25, 0.3) is 32.7 Å². The van der Waals surface area contributed by atoms with Gasteiger partial charge in [-0.3, -0.25) is 0 Å². The first-order valence-electron chi connectivity index (χ1n) is 20.4. The van der Waals surface area contributed by atoms with Gasteiger partial charge >= 0.3 is 23.9 Å². The number of rotatable bonds is 17. The van der Waals surface area contributed by atoms with E-state index in [-0.39, 0.29) is 91.1 Å². The van der Waals surface area contributed by atoms with Crippen LogP contribution >= 0.6 is 0 Å². The predicted octanol–water partition coefficient (Wildman–Crippen LogP) is 8.27. The van der Waals surface area contributed by atoms with Gasteiger partial charge in [-0.05, 0) is 50.2 Å². The molecule has 0 unspecified atom stereocenters. The zero-order valence-electron chi connectivity index (χ0n) is 38.1. The monoisotopic (exact) mass is 906 g/mol. The molecule has 0 bridgehead atoms. The van der Waals surface area contributed by atoms with Crippen molar-refractivity contribution < 1.29 is 76.8 Å². The summed E-state index contributed by atoms with van der Waals surface area (Å²) in [6.45, 7) is 3.34. The van der Waals surface area contributed by atoms with Gasteiger partial charge in [-0.1, -0.05) is 36.4 Å². The standard InChI is InChI=1S/C50H50O16/c1-25(65-47(53)27-17-13-11-14-18-27)21-29-23-31-33(43(59-5)37(49(55)63-9)45(61-7)35(31)39(51)41(29)57-3)34-32-24-30(22-26(2)66-48(54)28-19-15-12-16-20-28)42(58-4)40(52)36(32)46(62-8)38(44(34)60-6)50(56)64-10/h11-20,23-26,51-52H,21-22H2,1-10H3/t25-,26-/m1/s1. The minimum atomic E-state index is -0.944. The van der Waals surface area contributed by atoms with Gasteiger partial charge < -0.3 is 57.6 Å². The molecule has 0 saturated heterocycles. The van der Waals surface area contributed by atoms with Gasteiger partial charge in [0.05, 0.1) is 78.8 Å². The molecule has 2 N–H and O–H groups in total. The van der Waals surface area contributed by atoms with Crippen molar-refractivity contribution in [3.8, 4) is 57.1 Å². The van der Waals surface area contributed by atoms with Crippen molar-refractivity contribution in [1.29, 1.82) is 0 Å². The molecule has 0 radical (unpaired) electrons. The summed E-state index contributed by atoms with van der Waals surface area (Å²) in [5, 5.41) is 24.8. The SMILES string of the molecule is COC(=O)c1c(OC)c(-c2c(OC)c(C(=O)OC)c(OC)c3c(O)c(OC)c(C[C@@H](C)OC(=O)c4ccccc4)cc23)c2cc(C[C@@H](C)OC(=O)c3ccccc3)c(OC)c(O)c2c1OC. The number of esters is 4. The molecule has 0 saturated carbocycles. The first-order valence-corrected chi connectivity index (χ1v) is 20.4. The Labute approximate surface area is 380 Å². The van der Waals surface area contributed by atoms with Crippen molar-refractivity contribution in [1.82, 2.24) is 0 Å². The number of phenolic OH excluding ortho intramolecular Hbond substituents is 2. The molecule has 6 aromatic carbocycles. The fourth-order valence-corrected chi connectivity index (χ4v) is 8.21. The third kappa shape index (κ3) is 8.68. The molecule has 0 spiro atoms. The molecule has 16 nitrogen and oxygen atoms in total. The average Bonchev–Trinajstić information content (AvgIpc) is 3.32. The van der Waals surface area contributed by atoms with E-state index in [0.29, 0.717) is 22.3 Å². The first kappa shape index (κ1) is 47.6. The molecule has 2 atom stereocenters. The Morgan fingerprint density at radius 2 is 0.773 bits per heavy atom. The lowest BCUT2D eigenvalue weighted by Crippen LogP contribution is -2.18. The second-order valence-corrected chi connectivity index (χ2v) is 14.9. The molecule has 346 valence electrons. The lowest BCUT2D eigenvalue weighted by molar-refractivity contribution is 0.0331. The van der Waals surface area contributed by atoms with Crippen LogP contribution in [0, 0.1) is 0 Å². The van der Waals surface area contributed by atoms with E-state index >= 15 is 0 Å². The number of methoxy groups -OCH3 is 8. The molecule has 0 fully saturated rings.